The molecule has 0 radical (unpaired) electrons. The first kappa shape index (κ1) is 8.49. The molecule has 4 nitrogen and oxygen atoms in total. The highest BCUT2D eigenvalue weighted by atomic mass is 16.6. The first-order valence-corrected chi connectivity index (χ1v) is 3.83. The van der Waals surface area contributed by atoms with Gasteiger partial charge in [0, 0.05) is 13.0 Å². The van der Waals surface area contributed by atoms with Gasteiger partial charge in [-0.3, -0.25) is 0 Å². The van der Waals surface area contributed by atoms with Gasteiger partial charge in [-0.1, -0.05) is 0 Å². The van der Waals surface area contributed by atoms with E-state index >= 15 is 0 Å². The Morgan fingerprint density at radius 2 is 2.55 bits per heavy atom. The average molecular weight is 159 g/mol. The lowest BCUT2D eigenvalue weighted by Crippen LogP contribution is -2.20. The van der Waals surface area contributed by atoms with Gasteiger partial charge in [-0.15, -0.1) is 0 Å². The summed E-state index contributed by atoms with van der Waals surface area (Å²) in [5, 5.41) is 0. The average Bonchev–Trinajstić information content (AvgIpc) is 2.37. The Morgan fingerprint density at radius 3 is 3.09 bits per heavy atom. The van der Waals surface area contributed by atoms with Crippen LogP contribution < -0.4 is 5.73 Å². The minimum absolute atomic E-state index is 0.234. The van der Waals surface area contributed by atoms with Crippen LogP contribution in [0.4, 0.5) is 0 Å². The zero-order chi connectivity index (χ0) is 8.10. The molecular weight excluding hydrogens is 146 g/mol. The van der Waals surface area contributed by atoms with Gasteiger partial charge in [0.15, 0.2) is 6.10 Å². The fraction of sp³-hybridized carbons (Fsp3) is 0.857. The maximum atomic E-state index is 10.8. The molecule has 1 saturated heterocycles. The van der Waals surface area contributed by atoms with Gasteiger partial charge in [0.1, 0.15) is 0 Å². The SMILES string of the molecule is NCCCOC1CCOC1=O. The van der Waals surface area contributed by atoms with E-state index in [9.17, 15) is 4.79 Å². The molecule has 0 aromatic rings. The van der Waals surface area contributed by atoms with Gasteiger partial charge in [0.25, 0.3) is 0 Å². The number of esters is 1. The monoisotopic (exact) mass is 159 g/mol. The molecule has 1 atom stereocenters. The summed E-state index contributed by atoms with van der Waals surface area (Å²) in [5.41, 5.74) is 5.25. The predicted molar refractivity (Wildman–Crippen MR) is 39.0 cm³/mol. The number of cyclic esters (lactones) is 1. The lowest BCUT2D eigenvalue weighted by atomic mass is 10.3. The van der Waals surface area contributed by atoms with Crippen LogP contribution in [0.3, 0.4) is 0 Å². The maximum Gasteiger partial charge on any atom is 0.335 e. The van der Waals surface area contributed by atoms with E-state index in [1.54, 1.807) is 0 Å². The largest absolute Gasteiger partial charge is 0.464 e. The van der Waals surface area contributed by atoms with Crippen molar-refractivity contribution in [2.45, 2.75) is 18.9 Å². The molecule has 1 rings (SSSR count). The van der Waals surface area contributed by atoms with E-state index in [1.807, 2.05) is 0 Å². The van der Waals surface area contributed by atoms with Gasteiger partial charge >= 0.3 is 5.97 Å². The van der Waals surface area contributed by atoms with Crippen molar-refractivity contribution in [3.63, 3.8) is 0 Å². The van der Waals surface area contributed by atoms with Crippen LogP contribution in [0.2, 0.25) is 0 Å². The van der Waals surface area contributed by atoms with Crippen molar-refractivity contribution < 1.29 is 14.3 Å². The van der Waals surface area contributed by atoms with Gasteiger partial charge in [-0.05, 0) is 13.0 Å². The van der Waals surface area contributed by atoms with Crippen LogP contribution in [-0.2, 0) is 14.3 Å². The number of carbonyl (C=O) groups is 1. The number of hydrogen-bond donors (Lipinski definition) is 1. The molecule has 0 bridgehead atoms. The Bertz CT molecular complexity index is 138. The highest BCUT2D eigenvalue weighted by Crippen LogP contribution is 2.09. The van der Waals surface area contributed by atoms with Gasteiger partial charge in [0.05, 0.1) is 6.61 Å². The normalized spacial score (nSPS) is 23.7. The van der Waals surface area contributed by atoms with E-state index in [2.05, 4.69) is 0 Å². The highest BCUT2D eigenvalue weighted by Gasteiger charge is 2.26. The van der Waals surface area contributed by atoms with E-state index in [0.717, 1.165) is 6.42 Å². The van der Waals surface area contributed by atoms with E-state index in [0.29, 0.717) is 26.2 Å². The zero-order valence-electron chi connectivity index (χ0n) is 6.41. The molecule has 4 heteroatoms. The quantitative estimate of drug-likeness (QED) is 0.450. The molecule has 1 aliphatic rings. The van der Waals surface area contributed by atoms with E-state index in [4.69, 9.17) is 15.2 Å². The molecule has 0 spiro atoms. The van der Waals surface area contributed by atoms with Crippen molar-refractivity contribution in [1.82, 2.24) is 0 Å². The molecule has 1 fully saturated rings. The van der Waals surface area contributed by atoms with Crippen LogP contribution >= 0.6 is 0 Å². The summed E-state index contributed by atoms with van der Waals surface area (Å²) in [6.07, 6.45) is 1.15. The predicted octanol–water partition coefficient (Wildman–Crippen LogP) is -0.333. The Morgan fingerprint density at radius 1 is 1.73 bits per heavy atom. The number of rotatable bonds is 4. The van der Waals surface area contributed by atoms with Crippen LogP contribution in [0, 0.1) is 0 Å². The number of ether oxygens (including phenoxy) is 2. The Hall–Kier alpha value is -0.610. The number of nitrogens with two attached hydrogens (primary N) is 1. The fourth-order valence-corrected chi connectivity index (χ4v) is 0.938. The topological polar surface area (TPSA) is 61.6 Å². The zero-order valence-corrected chi connectivity index (χ0v) is 6.41. The van der Waals surface area contributed by atoms with E-state index in [-0.39, 0.29) is 12.1 Å². The lowest BCUT2D eigenvalue weighted by molar-refractivity contribution is -0.147. The third-order valence-electron chi connectivity index (χ3n) is 1.55. The highest BCUT2D eigenvalue weighted by molar-refractivity contribution is 5.76. The van der Waals surface area contributed by atoms with Gasteiger partial charge in [-0.2, -0.15) is 0 Å². The molecule has 2 N–H and O–H groups in total. The van der Waals surface area contributed by atoms with Crippen LogP contribution in [0.5, 0.6) is 0 Å². The minimum Gasteiger partial charge on any atom is -0.464 e. The van der Waals surface area contributed by atoms with Crippen molar-refractivity contribution in [2.75, 3.05) is 19.8 Å². The Kier molecular flexibility index (Phi) is 3.32. The molecule has 11 heavy (non-hydrogen) atoms. The van der Waals surface area contributed by atoms with Gasteiger partial charge in [0.2, 0.25) is 0 Å². The molecule has 0 aliphatic carbocycles. The minimum atomic E-state index is -0.332. The van der Waals surface area contributed by atoms with Crippen LogP contribution in [0.1, 0.15) is 12.8 Å². The van der Waals surface area contributed by atoms with Crippen molar-refractivity contribution in [3.05, 3.63) is 0 Å². The maximum absolute atomic E-state index is 10.8. The third-order valence-corrected chi connectivity index (χ3v) is 1.55. The standard InChI is InChI=1S/C7H13NO3/c8-3-1-4-10-6-2-5-11-7(6)9/h6H,1-5,8H2. The third kappa shape index (κ3) is 2.48. The smallest absolute Gasteiger partial charge is 0.335 e. The Labute approximate surface area is 65.7 Å². The summed E-state index contributed by atoms with van der Waals surface area (Å²) in [6, 6.07) is 0. The number of carbonyl (C=O) groups excluding carboxylic acids is 1. The molecule has 1 unspecified atom stereocenters. The van der Waals surface area contributed by atoms with Crippen LogP contribution in [0.25, 0.3) is 0 Å². The number of hydrogen-bond acceptors (Lipinski definition) is 4. The van der Waals surface area contributed by atoms with Crippen molar-refractivity contribution in [1.29, 1.82) is 0 Å². The molecule has 1 aliphatic heterocycles. The van der Waals surface area contributed by atoms with E-state index < -0.39 is 0 Å². The summed E-state index contributed by atoms with van der Waals surface area (Å²) < 4.78 is 9.90. The lowest BCUT2D eigenvalue weighted by Gasteiger charge is -2.05. The second kappa shape index (κ2) is 4.31. The molecule has 0 amide bonds. The second-order valence-electron chi connectivity index (χ2n) is 2.46. The van der Waals surface area contributed by atoms with Crippen molar-refractivity contribution in [3.8, 4) is 0 Å². The van der Waals surface area contributed by atoms with Gasteiger partial charge in [-0.25, -0.2) is 4.79 Å². The first-order chi connectivity index (χ1) is 5.34. The van der Waals surface area contributed by atoms with Crippen molar-refractivity contribution >= 4 is 5.97 Å². The molecule has 0 saturated carbocycles. The van der Waals surface area contributed by atoms with Crippen molar-refractivity contribution in [2.24, 2.45) is 5.73 Å². The van der Waals surface area contributed by atoms with E-state index in [1.165, 1.54) is 0 Å². The molecule has 0 aromatic heterocycles. The molecule has 1 heterocycles. The second-order valence-corrected chi connectivity index (χ2v) is 2.46. The summed E-state index contributed by atoms with van der Waals surface area (Å²) in [4.78, 5) is 10.8. The summed E-state index contributed by atoms with van der Waals surface area (Å²) >= 11 is 0. The van der Waals surface area contributed by atoms with Gasteiger partial charge < -0.3 is 15.2 Å². The van der Waals surface area contributed by atoms with Crippen LogP contribution in [-0.4, -0.2) is 31.8 Å². The summed E-state index contributed by atoms with van der Waals surface area (Å²) in [5.74, 6) is -0.234. The first-order valence-electron chi connectivity index (χ1n) is 3.83. The summed E-state index contributed by atoms with van der Waals surface area (Å²) in [7, 11) is 0. The Balaban J connectivity index is 2.10. The molecule has 64 valence electrons. The van der Waals surface area contributed by atoms with Crippen LogP contribution in [0.15, 0.2) is 0 Å². The molecule has 0 aromatic carbocycles. The fourth-order valence-electron chi connectivity index (χ4n) is 0.938. The summed E-state index contributed by atoms with van der Waals surface area (Å²) in [6.45, 7) is 1.64. The molecular formula is C7H13NO3.